The maximum absolute atomic E-state index is 14.6. The normalized spacial score (nSPS) is 19.8. The van der Waals surface area contributed by atoms with Crippen molar-refractivity contribution in [3.05, 3.63) is 24.0 Å². The number of thiocarbonyl (C=S) groups is 2. The molecule has 0 spiro atoms. The first kappa shape index (κ1) is 18.6. The maximum Gasteiger partial charge on any atom is 0.414 e. The third-order valence-electron chi connectivity index (χ3n) is 4.25. The third-order valence-corrected chi connectivity index (χ3v) is 5.00. The zero-order valence-corrected chi connectivity index (χ0v) is 16.0. The summed E-state index contributed by atoms with van der Waals surface area (Å²) in [7, 11) is 3.33. The lowest BCUT2D eigenvalue weighted by molar-refractivity contribution is 0.142. The SMILES string of the molecule is COC(=S)NC[C@H]1CN(c2ccc(N3CC(=S)N(C)C3)c(F)c2)C(=O)O1. The number of benzene rings is 1. The highest BCUT2D eigenvalue weighted by Crippen LogP contribution is 2.29. The Morgan fingerprint density at radius 1 is 1.50 bits per heavy atom. The van der Waals surface area contributed by atoms with Gasteiger partial charge in [0.1, 0.15) is 11.9 Å². The van der Waals surface area contributed by atoms with E-state index in [1.54, 1.807) is 12.1 Å². The van der Waals surface area contributed by atoms with Crippen LogP contribution in [-0.4, -0.2) is 67.7 Å². The first-order chi connectivity index (χ1) is 12.4. The summed E-state index contributed by atoms with van der Waals surface area (Å²) in [5, 5.41) is 3.07. The molecule has 0 radical (unpaired) electrons. The van der Waals surface area contributed by atoms with Gasteiger partial charge in [0.2, 0.25) is 0 Å². The molecule has 1 atom stereocenters. The van der Waals surface area contributed by atoms with Crippen molar-refractivity contribution in [2.24, 2.45) is 0 Å². The number of nitrogens with one attached hydrogen (secondary N) is 1. The van der Waals surface area contributed by atoms with E-state index < -0.39 is 18.0 Å². The van der Waals surface area contributed by atoms with Crippen molar-refractivity contribution in [2.75, 3.05) is 50.3 Å². The number of carbonyl (C=O) groups is 1. The predicted molar refractivity (Wildman–Crippen MR) is 104 cm³/mol. The topological polar surface area (TPSA) is 57.3 Å². The Hall–Kier alpha value is -2.20. The van der Waals surface area contributed by atoms with E-state index in [-0.39, 0.29) is 5.17 Å². The molecule has 3 rings (SSSR count). The minimum atomic E-state index is -0.519. The summed E-state index contributed by atoms with van der Waals surface area (Å²) in [5.74, 6) is -0.407. The largest absolute Gasteiger partial charge is 0.474 e. The van der Waals surface area contributed by atoms with Crippen molar-refractivity contribution < 1.29 is 18.7 Å². The summed E-state index contributed by atoms with van der Waals surface area (Å²) >= 11 is 10.1. The van der Waals surface area contributed by atoms with Gasteiger partial charge in [-0.3, -0.25) is 4.90 Å². The van der Waals surface area contributed by atoms with Crippen molar-refractivity contribution in [1.82, 2.24) is 10.2 Å². The fourth-order valence-corrected chi connectivity index (χ4v) is 3.16. The molecule has 2 heterocycles. The van der Waals surface area contributed by atoms with Crippen LogP contribution in [0.2, 0.25) is 0 Å². The van der Waals surface area contributed by atoms with Gasteiger partial charge in [0.25, 0.3) is 5.17 Å². The molecular formula is C16H19FN4O3S2. The molecule has 0 saturated carbocycles. The van der Waals surface area contributed by atoms with Crippen molar-refractivity contribution >= 4 is 52.1 Å². The first-order valence-electron chi connectivity index (χ1n) is 7.97. The van der Waals surface area contributed by atoms with E-state index in [1.807, 2.05) is 16.8 Å². The van der Waals surface area contributed by atoms with Crippen LogP contribution in [0.25, 0.3) is 0 Å². The summed E-state index contributed by atoms with van der Waals surface area (Å²) in [6.07, 6.45) is -0.919. The Labute approximate surface area is 161 Å². The number of cyclic esters (lactones) is 1. The molecule has 0 unspecified atom stereocenters. The number of anilines is 2. The minimum Gasteiger partial charge on any atom is -0.474 e. The lowest BCUT2D eigenvalue weighted by Gasteiger charge is -2.20. The molecule has 1 aromatic carbocycles. The van der Waals surface area contributed by atoms with Gasteiger partial charge >= 0.3 is 6.09 Å². The fourth-order valence-electron chi connectivity index (χ4n) is 2.86. The Morgan fingerprint density at radius 3 is 2.88 bits per heavy atom. The Bertz CT molecular complexity index is 748. The highest BCUT2D eigenvalue weighted by Gasteiger charge is 2.33. The van der Waals surface area contributed by atoms with Gasteiger partial charge in [-0.2, -0.15) is 0 Å². The second kappa shape index (κ2) is 7.58. The van der Waals surface area contributed by atoms with E-state index >= 15 is 0 Å². The summed E-state index contributed by atoms with van der Waals surface area (Å²) < 4.78 is 24.7. The van der Waals surface area contributed by atoms with Gasteiger partial charge in [-0.1, -0.05) is 12.2 Å². The van der Waals surface area contributed by atoms with Crippen LogP contribution in [0.1, 0.15) is 0 Å². The van der Waals surface area contributed by atoms with E-state index in [1.165, 1.54) is 18.1 Å². The monoisotopic (exact) mass is 398 g/mol. The van der Waals surface area contributed by atoms with Crippen molar-refractivity contribution in [1.29, 1.82) is 0 Å². The molecule has 140 valence electrons. The van der Waals surface area contributed by atoms with Gasteiger partial charge in [-0.25, -0.2) is 9.18 Å². The van der Waals surface area contributed by atoms with Crippen LogP contribution in [0.15, 0.2) is 18.2 Å². The second-order valence-corrected chi connectivity index (χ2v) is 6.90. The van der Waals surface area contributed by atoms with Crippen molar-refractivity contribution in [3.8, 4) is 0 Å². The van der Waals surface area contributed by atoms with E-state index in [2.05, 4.69) is 5.32 Å². The predicted octanol–water partition coefficient (Wildman–Crippen LogP) is 1.71. The molecule has 2 aliphatic rings. The number of ether oxygens (including phenoxy) is 2. The Kier molecular flexibility index (Phi) is 5.42. The van der Waals surface area contributed by atoms with Gasteiger partial charge in [0, 0.05) is 7.05 Å². The highest BCUT2D eigenvalue weighted by atomic mass is 32.1. The number of halogens is 1. The number of methoxy groups -OCH3 is 1. The summed E-state index contributed by atoms with van der Waals surface area (Å²) in [6.45, 7) is 1.66. The highest BCUT2D eigenvalue weighted by molar-refractivity contribution is 7.80. The average Bonchev–Trinajstić information content (AvgIpc) is 3.15. The molecule has 0 aromatic heterocycles. The van der Waals surface area contributed by atoms with Gasteiger partial charge in [0.05, 0.1) is 49.8 Å². The minimum absolute atomic E-state index is 0.225. The van der Waals surface area contributed by atoms with Crippen LogP contribution in [0.4, 0.5) is 20.6 Å². The smallest absolute Gasteiger partial charge is 0.414 e. The zero-order chi connectivity index (χ0) is 18.8. The lowest BCUT2D eigenvalue weighted by Crippen LogP contribution is -2.34. The lowest BCUT2D eigenvalue weighted by atomic mass is 10.2. The number of likely N-dealkylation sites (N-methyl/N-ethyl adjacent to an activating group) is 1. The standard InChI is InChI=1S/C16H19FN4O3S2/c1-19-9-20(8-14(19)25)13-4-3-10(5-12(13)17)21-7-11(24-16(21)22)6-18-15(26)23-2/h3-5,11H,6-9H2,1-2H3,(H,18,26)/t11-/m0/s1. The molecule has 1 amide bonds. The molecule has 7 nitrogen and oxygen atoms in total. The van der Waals surface area contributed by atoms with Crippen LogP contribution in [0.5, 0.6) is 0 Å². The number of nitrogens with zero attached hydrogens (tertiary/aromatic N) is 3. The van der Waals surface area contributed by atoms with Crippen molar-refractivity contribution in [2.45, 2.75) is 6.10 Å². The number of rotatable bonds is 4. The van der Waals surface area contributed by atoms with E-state index in [4.69, 9.17) is 33.9 Å². The quantitative estimate of drug-likeness (QED) is 0.770. The molecule has 2 saturated heterocycles. The fraction of sp³-hybridized carbons (Fsp3) is 0.438. The number of amides is 1. The molecule has 0 bridgehead atoms. The van der Waals surface area contributed by atoms with E-state index in [0.717, 1.165) is 4.99 Å². The van der Waals surface area contributed by atoms with Crippen LogP contribution < -0.4 is 15.1 Å². The number of hydrogen-bond donors (Lipinski definition) is 1. The second-order valence-electron chi connectivity index (χ2n) is 6.06. The Morgan fingerprint density at radius 2 is 2.27 bits per heavy atom. The molecule has 1 aromatic rings. The number of hydrogen-bond acceptors (Lipinski definition) is 6. The van der Waals surface area contributed by atoms with E-state index in [0.29, 0.717) is 37.7 Å². The first-order valence-corrected chi connectivity index (χ1v) is 8.79. The van der Waals surface area contributed by atoms with Crippen LogP contribution in [0.3, 0.4) is 0 Å². The molecule has 10 heteroatoms. The summed E-state index contributed by atoms with van der Waals surface area (Å²) in [6, 6.07) is 4.70. The molecule has 26 heavy (non-hydrogen) atoms. The van der Waals surface area contributed by atoms with Crippen LogP contribution in [-0.2, 0) is 9.47 Å². The summed E-state index contributed by atoms with van der Waals surface area (Å²) in [5.41, 5.74) is 0.903. The van der Waals surface area contributed by atoms with Gasteiger partial charge < -0.3 is 24.6 Å². The Balaban J connectivity index is 1.68. The maximum atomic E-state index is 14.6. The average molecular weight is 398 g/mol. The molecule has 2 fully saturated rings. The zero-order valence-electron chi connectivity index (χ0n) is 14.4. The van der Waals surface area contributed by atoms with Gasteiger partial charge in [0.15, 0.2) is 0 Å². The molecular weight excluding hydrogens is 379 g/mol. The van der Waals surface area contributed by atoms with Crippen LogP contribution in [0, 0.1) is 5.82 Å². The third kappa shape index (κ3) is 3.80. The van der Waals surface area contributed by atoms with Crippen molar-refractivity contribution in [3.63, 3.8) is 0 Å². The molecule has 2 aliphatic heterocycles. The number of carbonyl (C=O) groups excluding carboxylic acids is 1. The molecule has 1 N–H and O–H groups in total. The molecule has 0 aliphatic carbocycles. The van der Waals surface area contributed by atoms with E-state index in [9.17, 15) is 9.18 Å². The van der Waals surface area contributed by atoms with Gasteiger partial charge in [-0.15, -0.1) is 0 Å². The van der Waals surface area contributed by atoms with Gasteiger partial charge in [-0.05, 0) is 30.4 Å². The van der Waals surface area contributed by atoms with Crippen LogP contribution >= 0.6 is 24.4 Å². The summed E-state index contributed by atoms with van der Waals surface area (Å²) in [4.78, 5) is 18.0.